The van der Waals surface area contributed by atoms with Crippen molar-refractivity contribution < 1.29 is 9.53 Å². The summed E-state index contributed by atoms with van der Waals surface area (Å²) >= 11 is 0. The third-order valence-corrected chi connectivity index (χ3v) is 2.53. The lowest BCUT2D eigenvalue weighted by Gasteiger charge is -1.98. The van der Waals surface area contributed by atoms with Crippen LogP contribution in [-0.4, -0.2) is 10.1 Å². The van der Waals surface area contributed by atoms with Gasteiger partial charge >= 0.3 is 5.65 Å². The Morgan fingerprint density at radius 3 is 3.07 bits per heavy atom. The van der Waals surface area contributed by atoms with Crippen molar-refractivity contribution >= 4 is 11.2 Å². The van der Waals surface area contributed by atoms with Crippen molar-refractivity contribution in [1.82, 2.24) is 10.1 Å². The maximum Gasteiger partial charge on any atom is 0.341 e. The number of rotatable bonds is 1. The summed E-state index contributed by atoms with van der Waals surface area (Å²) in [7, 11) is 0. The average molecular weight is 191 g/mol. The van der Waals surface area contributed by atoms with Crippen LogP contribution >= 0.6 is 0 Å². The molecule has 0 atom stereocenters. The first-order valence-corrected chi connectivity index (χ1v) is 4.62. The van der Waals surface area contributed by atoms with Crippen LogP contribution in [0.1, 0.15) is 30.0 Å². The zero-order chi connectivity index (χ0) is 9.71. The van der Waals surface area contributed by atoms with Gasteiger partial charge in [0.25, 0.3) is 0 Å². The molecule has 0 unspecified atom stereocenters. The molecule has 0 N–H and O–H groups in total. The fourth-order valence-corrected chi connectivity index (χ4v) is 1.75. The minimum absolute atomic E-state index is 0.418. The van der Waals surface area contributed by atoms with Crippen molar-refractivity contribution in [2.45, 2.75) is 25.7 Å². The van der Waals surface area contributed by atoms with E-state index in [1.807, 2.05) is 13.0 Å². The molecule has 2 heterocycles. The van der Waals surface area contributed by atoms with Gasteiger partial charge in [0.1, 0.15) is 0 Å². The Morgan fingerprint density at radius 2 is 2.36 bits per heavy atom. The van der Waals surface area contributed by atoms with E-state index in [0.29, 0.717) is 22.0 Å². The summed E-state index contributed by atoms with van der Waals surface area (Å²) in [6.07, 6.45) is 2.29. The summed E-state index contributed by atoms with van der Waals surface area (Å²) in [5, 5.41) is 14.9. The molecule has 3 rings (SSSR count). The Morgan fingerprint density at radius 1 is 1.57 bits per heavy atom. The van der Waals surface area contributed by atoms with Gasteiger partial charge in [-0.3, -0.25) is 4.63 Å². The lowest BCUT2D eigenvalue weighted by Crippen LogP contribution is -2.24. The highest BCUT2D eigenvalue weighted by Crippen LogP contribution is 2.42. The third-order valence-electron chi connectivity index (χ3n) is 2.53. The van der Waals surface area contributed by atoms with Crippen LogP contribution in [0.25, 0.3) is 11.2 Å². The Kier molecular flexibility index (Phi) is 1.34. The first-order valence-electron chi connectivity index (χ1n) is 4.62. The molecule has 2 aromatic rings. The van der Waals surface area contributed by atoms with Crippen molar-refractivity contribution in [2.24, 2.45) is 0 Å². The SMILES string of the molecule is Cc1cc(C2CC2)c2c(no[n+]2[O-])n1. The second-order valence-corrected chi connectivity index (χ2v) is 3.73. The Hall–Kier alpha value is -1.65. The van der Waals surface area contributed by atoms with Crippen LogP contribution in [0.5, 0.6) is 0 Å². The van der Waals surface area contributed by atoms with E-state index < -0.39 is 0 Å². The van der Waals surface area contributed by atoms with Gasteiger partial charge in [-0.2, -0.15) is 0 Å². The van der Waals surface area contributed by atoms with E-state index >= 15 is 0 Å². The van der Waals surface area contributed by atoms with Gasteiger partial charge in [-0.25, -0.2) is 4.98 Å². The summed E-state index contributed by atoms with van der Waals surface area (Å²) in [6.45, 7) is 1.90. The third kappa shape index (κ3) is 0.982. The van der Waals surface area contributed by atoms with E-state index in [2.05, 4.69) is 14.8 Å². The molecule has 1 aliphatic carbocycles. The summed E-state index contributed by atoms with van der Waals surface area (Å²) in [5.41, 5.74) is 2.83. The molecule has 0 aliphatic heterocycles. The smallest absolute Gasteiger partial charge is 0.341 e. The molecular formula is C9H9N3O2. The molecule has 2 aromatic heterocycles. The quantitative estimate of drug-likeness (QED) is 0.632. The lowest BCUT2D eigenvalue weighted by atomic mass is 10.1. The zero-order valence-corrected chi connectivity index (χ0v) is 7.73. The van der Waals surface area contributed by atoms with Crippen molar-refractivity contribution in [3.8, 4) is 0 Å². The molecule has 5 heteroatoms. The van der Waals surface area contributed by atoms with Crippen LogP contribution < -0.4 is 4.90 Å². The molecule has 0 spiro atoms. The van der Waals surface area contributed by atoms with E-state index in [4.69, 9.17) is 0 Å². The summed E-state index contributed by atoms with van der Waals surface area (Å²) < 4.78 is 4.54. The maximum absolute atomic E-state index is 11.3. The van der Waals surface area contributed by atoms with Crippen molar-refractivity contribution in [3.63, 3.8) is 0 Å². The Labute approximate surface area is 79.9 Å². The van der Waals surface area contributed by atoms with Crippen molar-refractivity contribution in [2.75, 3.05) is 0 Å². The molecule has 1 fully saturated rings. The number of fused-ring (bicyclic) bond motifs is 1. The lowest BCUT2D eigenvalue weighted by molar-refractivity contribution is -0.782. The largest absolute Gasteiger partial charge is 0.359 e. The monoisotopic (exact) mass is 191 g/mol. The van der Waals surface area contributed by atoms with E-state index in [1.54, 1.807) is 0 Å². The summed E-state index contributed by atoms with van der Waals surface area (Å²) in [6, 6.07) is 1.95. The molecule has 5 nitrogen and oxygen atoms in total. The fraction of sp³-hybridized carbons (Fsp3) is 0.444. The fourth-order valence-electron chi connectivity index (χ4n) is 1.75. The highest BCUT2D eigenvalue weighted by Gasteiger charge is 2.30. The number of aromatic nitrogens is 3. The standard InChI is InChI=1S/C9H9N3O2/c1-5-4-7(6-2-3-6)8-9(10-5)11-14-12(8)13/h4,6H,2-3H2,1H3. The number of hydrogen-bond donors (Lipinski definition) is 0. The first kappa shape index (κ1) is 7.73. The molecule has 0 aromatic carbocycles. The van der Waals surface area contributed by atoms with E-state index in [1.165, 1.54) is 0 Å². The van der Waals surface area contributed by atoms with Gasteiger partial charge in [-0.1, -0.05) is 0 Å². The molecule has 1 aliphatic rings. The highest BCUT2D eigenvalue weighted by molar-refractivity contribution is 5.71. The highest BCUT2D eigenvalue weighted by atomic mass is 16.8. The van der Waals surface area contributed by atoms with Crippen LogP contribution in [0.4, 0.5) is 0 Å². The second-order valence-electron chi connectivity index (χ2n) is 3.73. The van der Waals surface area contributed by atoms with Gasteiger partial charge in [0.2, 0.25) is 5.52 Å². The van der Waals surface area contributed by atoms with E-state index in [-0.39, 0.29) is 0 Å². The predicted molar refractivity (Wildman–Crippen MR) is 47.5 cm³/mol. The van der Waals surface area contributed by atoms with Gasteiger partial charge in [0.15, 0.2) is 0 Å². The van der Waals surface area contributed by atoms with Crippen LogP contribution in [0, 0.1) is 12.1 Å². The Bertz CT molecular complexity index is 502. The molecule has 0 bridgehead atoms. The molecule has 0 radical (unpaired) electrons. The average Bonchev–Trinajstić information content (AvgIpc) is 2.92. The molecule has 0 amide bonds. The van der Waals surface area contributed by atoms with Gasteiger partial charge in [-0.15, -0.1) is 0 Å². The Balaban J connectivity index is 2.37. The molecular weight excluding hydrogens is 182 g/mol. The number of hydrogen-bond acceptors (Lipinski definition) is 4. The predicted octanol–water partition coefficient (Wildman–Crippen LogP) is 1.04. The van der Waals surface area contributed by atoms with Gasteiger partial charge < -0.3 is 5.21 Å². The molecule has 0 saturated heterocycles. The molecule has 1 saturated carbocycles. The van der Waals surface area contributed by atoms with Crippen molar-refractivity contribution in [3.05, 3.63) is 22.5 Å². The van der Waals surface area contributed by atoms with Gasteiger partial charge in [0, 0.05) is 11.3 Å². The van der Waals surface area contributed by atoms with Crippen LogP contribution in [0.15, 0.2) is 10.7 Å². The maximum atomic E-state index is 11.3. The van der Waals surface area contributed by atoms with Gasteiger partial charge in [0.05, 0.1) is 5.16 Å². The van der Waals surface area contributed by atoms with Crippen molar-refractivity contribution in [1.29, 1.82) is 0 Å². The zero-order valence-electron chi connectivity index (χ0n) is 7.73. The van der Waals surface area contributed by atoms with E-state index in [9.17, 15) is 5.21 Å². The second kappa shape index (κ2) is 2.43. The number of nitrogens with zero attached hydrogens (tertiary/aromatic N) is 3. The minimum atomic E-state index is 0.418. The van der Waals surface area contributed by atoms with E-state index in [0.717, 1.165) is 24.1 Å². The number of pyridine rings is 1. The summed E-state index contributed by atoms with van der Waals surface area (Å²) in [4.78, 5) is 4.60. The molecule has 72 valence electrons. The topological polar surface area (TPSA) is 65.9 Å². The minimum Gasteiger partial charge on any atom is -0.359 e. The van der Waals surface area contributed by atoms with Gasteiger partial charge in [-0.05, 0) is 36.7 Å². The molecule has 14 heavy (non-hydrogen) atoms. The normalized spacial score (nSPS) is 16.4. The number of aryl methyl sites for hydroxylation is 1. The van der Waals surface area contributed by atoms with Crippen LogP contribution in [-0.2, 0) is 0 Å². The van der Waals surface area contributed by atoms with Crippen LogP contribution in [0.2, 0.25) is 0 Å². The first-order chi connectivity index (χ1) is 6.75. The summed E-state index contributed by atoms with van der Waals surface area (Å²) in [5.74, 6) is 0.499. The van der Waals surface area contributed by atoms with Crippen LogP contribution in [0.3, 0.4) is 0 Å².